The van der Waals surface area contributed by atoms with Crippen molar-refractivity contribution in [1.29, 1.82) is 0 Å². The molecule has 1 aromatic carbocycles. The number of nitrogens with two attached hydrogens (primary N) is 1. The zero-order valence-electron chi connectivity index (χ0n) is 11.1. The predicted molar refractivity (Wildman–Crippen MR) is 76.4 cm³/mol. The van der Waals surface area contributed by atoms with Crippen LogP contribution in [-0.2, 0) is 14.8 Å². The zero-order valence-corrected chi connectivity index (χ0v) is 11.9. The minimum atomic E-state index is -3.96. The van der Waals surface area contributed by atoms with Crippen LogP contribution in [0.15, 0.2) is 47.5 Å². The van der Waals surface area contributed by atoms with Crippen LogP contribution in [-0.4, -0.2) is 19.3 Å². The Morgan fingerprint density at radius 2 is 1.95 bits per heavy atom. The van der Waals surface area contributed by atoms with E-state index in [0.717, 1.165) is 0 Å². The third-order valence-electron chi connectivity index (χ3n) is 2.45. The first-order valence-electron chi connectivity index (χ1n) is 5.90. The first-order chi connectivity index (χ1) is 9.88. The average Bonchev–Trinajstić information content (AvgIpc) is 2.40. The molecule has 1 amide bonds. The molecule has 110 valence electrons. The molecule has 21 heavy (non-hydrogen) atoms. The van der Waals surface area contributed by atoms with Gasteiger partial charge < -0.3 is 10.1 Å². The second-order valence-electron chi connectivity index (χ2n) is 4.13. The van der Waals surface area contributed by atoms with Gasteiger partial charge in [0.1, 0.15) is 4.90 Å². The molecule has 7 nitrogen and oxygen atoms in total. The molecule has 0 aliphatic rings. The van der Waals surface area contributed by atoms with Crippen molar-refractivity contribution >= 4 is 21.6 Å². The highest BCUT2D eigenvalue weighted by atomic mass is 32.2. The van der Waals surface area contributed by atoms with Crippen molar-refractivity contribution in [1.82, 2.24) is 4.98 Å². The van der Waals surface area contributed by atoms with E-state index < -0.39 is 10.0 Å². The molecule has 0 saturated carbocycles. The van der Waals surface area contributed by atoms with Gasteiger partial charge in [-0.25, -0.2) is 18.5 Å². The summed E-state index contributed by atoms with van der Waals surface area (Å²) in [5.41, 5.74) is 0.399. The molecule has 2 aromatic rings. The number of aromatic nitrogens is 1. The Kier molecular flexibility index (Phi) is 4.20. The second kappa shape index (κ2) is 5.90. The van der Waals surface area contributed by atoms with Crippen LogP contribution in [0.4, 0.5) is 5.69 Å². The van der Waals surface area contributed by atoms with Crippen molar-refractivity contribution in [3.05, 3.63) is 42.6 Å². The standard InChI is InChI=1S/C13H13N3O4S/c1-9(17)16-10-5-2-3-6-11(10)20-13-12(21(14,18)19)7-4-8-15-13/h2-8H,1H3,(H,16,17)(H2,14,18,19). The summed E-state index contributed by atoms with van der Waals surface area (Å²) in [5.74, 6) is -0.173. The maximum absolute atomic E-state index is 11.5. The molecule has 0 unspecified atom stereocenters. The van der Waals surface area contributed by atoms with Crippen molar-refractivity contribution in [3.8, 4) is 11.6 Å². The number of primary sulfonamides is 1. The van der Waals surface area contributed by atoms with Crippen molar-refractivity contribution in [2.75, 3.05) is 5.32 Å². The molecule has 0 fully saturated rings. The highest BCUT2D eigenvalue weighted by molar-refractivity contribution is 7.89. The van der Waals surface area contributed by atoms with E-state index in [0.29, 0.717) is 5.69 Å². The van der Waals surface area contributed by atoms with Gasteiger partial charge in [0.15, 0.2) is 5.75 Å². The Hall–Kier alpha value is -2.45. The highest BCUT2D eigenvalue weighted by Crippen LogP contribution is 2.31. The lowest BCUT2D eigenvalue weighted by atomic mass is 10.3. The van der Waals surface area contributed by atoms with E-state index >= 15 is 0 Å². The lowest BCUT2D eigenvalue weighted by molar-refractivity contribution is -0.114. The van der Waals surface area contributed by atoms with Crippen LogP contribution in [0.1, 0.15) is 6.92 Å². The van der Waals surface area contributed by atoms with Crippen LogP contribution in [0.5, 0.6) is 11.6 Å². The van der Waals surface area contributed by atoms with Crippen LogP contribution in [0.25, 0.3) is 0 Å². The highest BCUT2D eigenvalue weighted by Gasteiger charge is 2.17. The van der Waals surface area contributed by atoms with Gasteiger partial charge >= 0.3 is 0 Å². The van der Waals surface area contributed by atoms with Crippen molar-refractivity contribution in [2.24, 2.45) is 5.14 Å². The van der Waals surface area contributed by atoms with Gasteiger partial charge in [0.25, 0.3) is 0 Å². The lowest BCUT2D eigenvalue weighted by Crippen LogP contribution is -2.14. The van der Waals surface area contributed by atoms with Crippen LogP contribution in [0.2, 0.25) is 0 Å². The fourth-order valence-electron chi connectivity index (χ4n) is 1.62. The number of para-hydroxylation sites is 2. The number of hydrogen-bond acceptors (Lipinski definition) is 5. The first-order valence-corrected chi connectivity index (χ1v) is 7.45. The molecule has 0 aliphatic carbocycles. The molecule has 3 N–H and O–H groups in total. The molecular weight excluding hydrogens is 294 g/mol. The lowest BCUT2D eigenvalue weighted by Gasteiger charge is -2.12. The Labute approximate surface area is 121 Å². The summed E-state index contributed by atoms with van der Waals surface area (Å²) >= 11 is 0. The number of pyridine rings is 1. The van der Waals surface area contributed by atoms with E-state index in [1.165, 1.54) is 25.3 Å². The van der Waals surface area contributed by atoms with Crippen molar-refractivity contribution in [2.45, 2.75) is 11.8 Å². The monoisotopic (exact) mass is 307 g/mol. The zero-order chi connectivity index (χ0) is 15.5. The number of ether oxygens (including phenoxy) is 1. The van der Waals surface area contributed by atoms with E-state index in [4.69, 9.17) is 9.88 Å². The maximum Gasteiger partial charge on any atom is 0.243 e. The van der Waals surface area contributed by atoms with Gasteiger partial charge in [-0.2, -0.15) is 0 Å². The maximum atomic E-state index is 11.5. The quantitative estimate of drug-likeness (QED) is 0.888. The Balaban J connectivity index is 2.42. The van der Waals surface area contributed by atoms with Gasteiger partial charge in [-0.1, -0.05) is 12.1 Å². The van der Waals surface area contributed by atoms with E-state index in [1.807, 2.05) is 0 Å². The summed E-state index contributed by atoms with van der Waals surface area (Å²) in [6.45, 7) is 1.35. The largest absolute Gasteiger partial charge is 0.435 e. The van der Waals surface area contributed by atoms with Gasteiger partial charge in [-0.15, -0.1) is 0 Å². The summed E-state index contributed by atoms with van der Waals surface area (Å²) in [4.78, 5) is 14.8. The van der Waals surface area contributed by atoms with Crippen LogP contribution in [0, 0.1) is 0 Å². The molecule has 0 atom stereocenters. The van der Waals surface area contributed by atoms with Gasteiger partial charge in [-0.3, -0.25) is 4.79 Å². The van der Waals surface area contributed by atoms with Gasteiger partial charge in [0.2, 0.25) is 21.8 Å². The molecule has 1 heterocycles. The SMILES string of the molecule is CC(=O)Nc1ccccc1Oc1ncccc1S(N)(=O)=O. The van der Waals surface area contributed by atoms with E-state index in [9.17, 15) is 13.2 Å². The number of nitrogens with zero attached hydrogens (tertiary/aromatic N) is 1. The van der Waals surface area contributed by atoms with Crippen molar-refractivity contribution < 1.29 is 17.9 Å². The normalized spacial score (nSPS) is 11.0. The molecule has 0 aliphatic heterocycles. The average molecular weight is 307 g/mol. The minimum Gasteiger partial charge on any atom is -0.435 e. The fourth-order valence-corrected chi connectivity index (χ4v) is 2.23. The minimum absolute atomic E-state index is 0.155. The molecule has 0 spiro atoms. The predicted octanol–water partition coefficient (Wildman–Crippen LogP) is 1.48. The van der Waals surface area contributed by atoms with E-state index in [2.05, 4.69) is 10.3 Å². The molecule has 0 radical (unpaired) electrons. The van der Waals surface area contributed by atoms with Crippen LogP contribution >= 0.6 is 0 Å². The molecule has 0 bridgehead atoms. The Bertz CT molecular complexity index is 774. The number of anilines is 1. The molecule has 1 aromatic heterocycles. The summed E-state index contributed by atoms with van der Waals surface area (Å²) < 4.78 is 28.5. The summed E-state index contributed by atoms with van der Waals surface area (Å²) in [6, 6.07) is 9.31. The summed E-state index contributed by atoms with van der Waals surface area (Å²) in [6.07, 6.45) is 1.38. The molecule has 8 heteroatoms. The third-order valence-corrected chi connectivity index (χ3v) is 3.37. The Morgan fingerprint density at radius 1 is 1.24 bits per heavy atom. The van der Waals surface area contributed by atoms with E-state index in [-0.39, 0.29) is 22.4 Å². The number of rotatable bonds is 4. The number of nitrogens with one attached hydrogen (secondary N) is 1. The topological polar surface area (TPSA) is 111 Å². The van der Waals surface area contributed by atoms with Gasteiger partial charge in [0, 0.05) is 13.1 Å². The van der Waals surface area contributed by atoms with Gasteiger partial charge in [0.05, 0.1) is 5.69 Å². The molecular formula is C13H13N3O4S. The number of carbonyl (C=O) groups excluding carboxylic acids is 1. The van der Waals surface area contributed by atoms with Gasteiger partial charge in [-0.05, 0) is 24.3 Å². The second-order valence-corrected chi connectivity index (χ2v) is 5.66. The number of benzene rings is 1. The first kappa shape index (κ1) is 14.9. The molecule has 0 saturated heterocycles. The number of carbonyl (C=O) groups is 1. The van der Waals surface area contributed by atoms with Crippen molar-refractivity contribution in [3.63, 3.8) is 0 Å². The summed E-state index contributed by atoms with van der Waals surface area (Å²) in [5, 5.41) is 7.69. The number of amides is 1. The molecule has 2 rings (SSSR count). The number of hydrogen-bond donors (Lipinski definition) is 2. The van der Waals surface area contributed by atoms with Crippen LogP contribution < -0.4 is 15.2 Å². The van der Waals surface area contributed by atoms with Crippen LogP contribution in [0.3, 0.4) is 0 Å². The fraction of sp³-hybridized carbons (Fsp3) is 0.0769. The Morgan fingerprint density at radius 3 is 2.62 bits per heavy atom. The summed E-state index contributed by atoms with van der Waals surface area (Å²) in [7, 11) is -3.96. The number of sulfonamides is 1. The van der Waals surface area contributed by atoms with E-state index in [1.54, 1.807) is 24.3 Å². The third kappa shape index (κ3) is 3.77. The smallest absolute Gasteiger partial charge is 0.243 e.